The molecular formula is C21H21N3O3. The van der Waals surface area contributed by atoms with E-state index in [1.807, 2.05) is 24.3 Å². The molecule has 0 spiro atoms. The van der Waals surface area contributed by atoms with Gasteiger partial charge < -0.3 is 14.7 Å². The summed E-state index contributed by atoms with van der Waals surface area (Å²) in [7, 11) is 1.64. The van der Waals surface area contributed by atoms with E-state index >= 15 is 0 Å². The van der Waals surface area contributed by atoms with Crippen LogP contribution in [0.25, 0.3) is 22.3 Å². The summed E-state index contributed by atoms with van der Waals surface area (Å²) >= 11 is 0. The van der Waals surface area contributed by atoms with Crippen molar-refractivity contribution in [2.24, 2.45) is 0 Å². The number of carboxylic acid groups (broad SMARTS) is 1. The third-order valence-electron chi connectivity index (χ3n) is 4.91. The molecule has 0 aliphatic carbocycles. The van der Waals surface area contributed by atoms with Crippen LogP contribution >= 0.6 is 0 Å². The van der Waals surface area contributed by atoms with Gasteiger partial charge in [0, 0.05) is 18.7 Å². The van der Waals surface area contributed by atoms with Gasteiger partial charge in [0.1, 0.15) is 11.4 Å². The number of hydrogen-bond acceptors (Lipinski definition) is 5. The molecule has 138 valence electrons. The molecule has 2 aromatic carbocycles. The van der Waals surface area contributed by atoms with Crippen LogP contribution in [0, 0.1) is 0 Å². The molecule has 0 atom stereocenters. The van der Waals surface area contributed by atoms with Crippen molar-refractivity contribution in [1.82, 2.24) is 9.97 Å². The molecule has 6 heteroatoms. The molecule has 1 saturated heterocycles. The third-order valence-corrected chi connectivity index (χ3v) is 4.91. The first kappa shape index (κ1) is 17.3. The molecule has 0 radical (unpaired) electrons. The molecule has 0 unspecified atom stereocenters. The zero-order valence-electron chi connectivity index (χ0n) is 15.2. The summed E-state index contributed by atoms with van der Waals surface area (Å²) in [5.74, 6) is 0.644. The monoisotopic (exact) mass is 363 g/mol. The number of aromatic carboxylic acids is 1. The summed E-state index contributed by atoms with van der Waals surface area (Å²) in [4.78, 5) is 23.2. The lowest BCUT2D eigenvalue weighted by Crippen LogP contribution is -2.31. The third kappa shape index (κ3) is 3.43. The maximum atomic E-state index is 11.3. The molecule has 1 aromatic heterocycles. The lowest BCUT2D eigenvalue weighted by molar-refractivity contribution is 0.0697. The molecule has 1 aliphatic heterocycles. The molecule has 1 N–H and O–H groups in total. The molecule has 27 heavy (non-hydrogen) atoms. The summed E-state index contributed by atoms with van der Waals surface area (Å²) in [6, 6.07) is 12.7. The van der Waals surface area contributed by atoms with Crippen LogP contribution in [0.3, 0.4) is 0 Å². The molecule has 4 rings (SSSR count). The second-order valence-electron chi connectivity index (χ2n) is 6.68. The van der Waals surface area contributed by atoms with Gasteiger partial charge in [0.25, 0.3) is 0 Å². The minimum absolute atomic E-state index is 0.221. The minimum Gasteiger partial charge on any atom is -0.497 e. The number of hydrogen-bond donors (Lipinski definition) is 1. The number of ether oxygens (including phenoxy) is 1. The zero-order valence-corrected chi connectivity index (χ0v) is 15.2. The van der Waals surface area contributed by atoms with Crippen LogP contribution in [0.15, 0.2) is 42.5 Å². The fourth-order valence-electron chi connectivity index (χ4n) is 3.45. The predicted molar refractivity (Wildman–Crippen MR) is 105 cm³/mol. The lowest BCUT2D eigenvalue weighted by atomic mass is 10.1. The second kappa shape index (κ2) is 7.23. The first-order chi connectivity index (χ1) is 13.2. The van der Waals surface area contributed by atoms with Crippen LogP contribution in [0.4, 0.5) is 5.82 Å². The van der Waals surface area contributed by atoms with Crippen LogP contribution in [-0.2, 0) is 0 Å². The maximum absolute atomic E-state index is 11.3. The summed E-state index contributed by atoms with van der Waals surface area (Å²) in [5.41, 5.74) is 3.29. The van der Waals surface area contributed by atoms with Gasteiger partial charge in [-0.05, 0) is 61.7 Å². The van der Waals surface area contributed by atoms with Crippen LogP contribution in [0.2, 0.25) is 0 Å². The van der Waals surface area contributed by atoms with Gasteiger partial charge in [-0.3, -0.25) is 0 Å². The molecule has 6 nitrogen and oxygen atoms in total. The molecule has 3 aromatic rings. The molecule has 2 heterocycles. The number of benzene rings is 2. The first-order valence-corrected chi connectivity index (χ1v) is 9.10. The van der Waals surface area contributed by atoms with E-state index in [1.165, 1.54) is 6.42 Å². The van der Waals surface area contributed by atoms with Crippen molar-refractivity contribution in [2.75, 3.05) is 25.1 Å². The molecular weight excluding hydrogens is 342 g/mol. The molecule has 0 saturated carbocycles. The van der Waals surface area contributed by atoms with Gasteiger partial charge in [-0.1, -0.05) is 0 Å². The second-order valence-corrected chi connectivity index (χ2v) is 6.68. The van der Waals surface area contributed by atoms with Crippen molar-refractivity contribution in [2.45, 2.75) is 19.3 Å². The highest BCUT2D eigenvalue weighted by Gasteiger charge is 2.20. The summed E-state index contributed by atoms with van der Waals surface area (Å²) < 4.78 is 5.26. The van der Waals surface area contributed by atoms with Crippen molar-refractivity contribution < 1.29 is 14.6 Å². The number of carbonyl (C=O) groups is 1. The highest BCUT2D eigenvalue weighted by molar-refractivity contribution is 5.93. The number of piperidine rings is 1. The van der Waals surface area contributed by atoms with E-state index in [4.69, 9.17) is 14.7 Å². The highest BCUT2D eigenvalue weighted by atomic mass is 16.5. The van der Waals surface area contributed by atoms with Gasteiger partial charge >= 0.3 is 5.97 Å². The number of carboxylic acids is 1. The number of methoxy groups -OCH3 is 1. The Hall–Kier alpha value is -3.15. The van der Waals surface area contributed by atoms with E-state index in [2.05, 4.69) is 4.90 Å². The van der Waals surface area contributed by atoms with E-state index in [0.29, 0.717) is 11.0 Å². The Labute approximate surface area is 157 Å². The quantitative estimate of drug-likeness (QED) is 0.755. The van der Waals surface area contributed by atoms with Gasteiger partial charge in [-0.25, -0.2) is 14.8 Å². The summed E-state index contributed by atoms with van der Waals surface area (Å²) in [6.45, 7) is 1.87. The maximum Gasteiger partial charge on any atom is 0.335 e. The van der Waals surface area contributed by atoms with Gasteiger partial charge in [0.2, 0.25) is 0 Å². The van der Waals surface area contributed by atoms with Gasteiger partial charge in [-0.15, -0.1) is 0 Å². The fraction of sp³-hybridized carbons (Fsp3) is 0.286. The van der Waals surface area contributed by atoms with E-state index in [9.17, 15) is 9.90 Å². The van der Waals surface area contributed by atoms with Crippen molar-refractivity contribution in [1.29, 1.82) is 0 Å². The Kier molecular flexibility index (Phi) is 4.62. The number of rotatable bonds is 4. The topological polar surface area (TPSA) is 75.5 Å². The van der Waals surface area contributed by atoms with E-state index in [1.54, 1.807) is 25.3 Å². The molecule has 0 bridgehead atoms. The van der Waals surface area contributed by atoms with Crippen LogP contribution < -0.4 is 9.64 Å². The number of nitrogens with zero attached hydrogens (tertiary/aromatic N) is 3. The van der Waals surface area contributed by atoms with Crippen LogP contribution in [0.1, 0.15) is 29.6 Å². The zero-order chi connectivity index (χ0) is 18.8. The molecule has 1 fully saturated rings. The van der Waals surface area contributed by atoms with Crippen LogP contribution in [-0.4, -0.2) is 41.2 Å². The van der Waals surface area contributed by atoms with Crippen LogP contribution in [0.5, 0.6) is 5.75 Å². The first-order valence-electron chi connectivity index (χ1n) is 9.10. The standard InChI is InChI=1S/C21H21N3O3/c1-27-16-8-5-14(6-9-16)19-20(24-11-3-2-4-12-24)23-18-13-15(21(25)26)7-10-17(18)22-19/h5-10,13H,2-4,11-12H2,1H3,(H,25,26). The lowest BCUT2D eigenvalue weighted by Gasteiger charge is -2.29. The SMILES string of the molecule is COc1ccc(-c2nc3ccc(C(=O)O)cc3nc2N2CCCCC2)cc1. The number of fused-ring (bicyclic) bond motifs is 1. The summed E-state index contributed by atoms with van der Waals surface area (Å²) in [6.07, 6.45) is 3.46. The predicted octanol–water partition coefficient (Wildman–Crippen LogP) is 3.99. The Balaban J connectivity index is 1.88. The van der Waals surface area contributed by atoms with Gasteiger partial charge in [0.15, 0.2) is 5.82 Å². The fourth-order valence-corrected chi connectivity index (χ4v) is 3.45. The number of aromatic nitrogens is 2. The van der Waals surface area contributed by atoms with E-state index < -0.39 is 5.97 Å². The Bertz CT molecular complexity index is 980. The minimum atomic E-state index is -0.961. The molecule has 0 amide bonds. The van der Waals surface area contributed by atoms with Gasteiger partial charge in [-0.2, -0.15) is 0 Å². The average molecular weight is 363 g/mol. The van der Waals surface area contributed by atoms with E-state index in [-0.39, 0.29) is 5.56 Å². The Morgan fingerprint density at radius 3 is 2.41 bits per heavy atom. The largest absolute Gasteiger partial charge is 0.497 e. The van der Waals surface area contributed by atoms with Crippen molar-refractivity contribution in [3.63, 3.8) is 0 Å². The Morgan fingerprint density at radius 1 is 1.00 bits per heavy atom. The Morgan fingerprint density at radius 2 is 1.74 bits per heavy atom. The average Bonchev–Trinajstić information content (AvgIpc) is 2.73. The van der Waals surface area contributed by atoms with Crippen molar-refractivity contribution in [3.8, 4) is 17.0 Å². The van der Waals surface area contributed by atoms with Crippen molar-refractivity contribution >= 4 is 22.8 Å². The normalized spacial score (nSPS) is 14.3. The highest BCUT2D eigenvalue weighted by Crippen LogP contribution is 2.32. The van der Waals surface area contributed by atoms with E-state index in [0.717, 1.165) is 48.8 Å². The van der Waals surface area contributed by atoms with Crippen molar-refractivity contribution in [3.05, 3.63) is 48.0 Å². The number of anilines is 1. The summed E-state index contributed by atoms with van der Waals surface area (Å²) in [5, 5.41) is 9.27. The smallest absolute Gasteiger partial charge is 0.335 e. The molecule has 1 aliphatic rings. The van der Waals surface area contributed by atoms with Gasteiger partial charge in [0.05, 0.1) is 23.7 Å².